The van der Waals surface area contributed by atoms with E-state index in [2.05, 4.69) is 4.98 Å². The van der Waals surface area contributed by atoms with E-state index in [0.717, 1.165) is 22.4 Å². The lowest BCUT2D eigenvalue weighted by molar-refractivity contribution is 0.242. The van der Waals surface area contributed by atoms with E-state index in [-0.39, 0.29) is 11.9 Å². The molecule has 0 atom stereocenters. The fourth-order valence-electron chi connectivity index (χ4n) is 2.35. The van der Waals surface area contributed by atoms with Gasteiger partial charge in [0.1, 0.15) is 17.0 Å². The summed E-state index contributed by atoms with van der Waals surface area (Å²) in [7, 11) is 0. The monoisotopic (exact) mass is 305 g/mol. The summed E-state index contributed by atoms with van der Waals surface area (Å²) >= 11 is 0. The molecular weight excluding hydrogens is 286 g/mol. The molecule has 23 heavy (non-hydrogen) atoms. The van der Waals surface area contributed by atoms with Gasteiger partial charge in [-0.25, -0.2) is 4.98 Å². The smallest absolute Gasteiger partial charge is 0.141 e. The van der Waals surface area contributed by atoms with E-state index in [4.69, 9.17) is 4.74 Å². The van der Waals surface area contributed by atoms with E-state index in [9.17, 15) is 5.11 Å². The minimum atomic E-state index is 0.172. The predicted molar refractivity (Wildman–Crippen MR) is 94.5 cm³/mol. The number of hydrogen-bond donors (Lipinski definition) is 1. The summed E-state index contributed by atoms with van der Waals surface area (Å²) in [5.74, 6) is 1.07. The van der Waals surface area contributed by atoms with E-state index in [1.165, 1.54) is 0 Å². The van der Waals surface area contributed by atoms with Crippen LogP contribution in [-0.4, -0.2) is 16.2 Å². The Morgan fingerprint density at radius 2 is 1.74 bits per heavy atom. The minimum absolute atomic E-state index is 0.172. The first-order valence-corrected chi connectivity index (χ1v) is 7.65. The van der Waals surface area contributed by atoms with Gasteiger partial charge >= 0.3 is 0 Å². The molecule has 0 radical (unpaired) electrons. The first-order chi connectivity index (χ1) is 11.1. The van der Waals surface area contributed by atoms with Crippen LogP contribution >= 0.6 is 0 Å². The molecule has 0 unspecified atom stereocenters. The zero-order chi connectivity index (χ0) is 16.2. The van der Waals surface area contributed by atoms with E-state index in [1.807, 2.05) is 74.5 Å². The summed E-state index contributed by atoms with van der Waals surface area (Å²) in [6.07, 6.45) is 4.10. The third-order valence-electron chi connectivity index (χ3n) is 3.42. The number of nitrogens with zero attached hydrogens (tertiary/aromatic N) is 1. The highest BCUT2D eigenvalue weighted by Gasteiger charge is 2.01. The van der Waals surface area contributed by atoms with Crippen LogP contribution in [0.5, 0.6) is 11.5 Å². The van der Waals surface area contributed by atoms with Gasteiger partial charge in [-0.05, 0) is 49.8 Å². The highest BCUT2D eigenvalue weighted by Crippen LogP contribution is 2.23. The Hall–Kier alpha value is -2.81. The summed E-state index contributed by atoms with van der Waals surface area (Å²) in [5, 5.41) is 10.8. The van der Waals surface area contributed by atoms with Crippen LogP contribution in [0.1, 0.15) is 25.1 Å². The topological polar surface area (TPSA) is 42.4 Å². The summed E-state index contributed by atoms with van der Waals surface area (Å²) in [4.78, 5) is 4.49. The quantitative estimate of drug-likeness (QED) is 0.745. The zero-order valence-electron chi connectivity index (χ0n) is 13.2. The van der Waals surface area contributed by atoms with Crippen molar-refractivity contribution in [3.05, 3.63) is 65.9 Å². The number of hydrogen-bond acceptors (Lipinski definition) is 3. The Bertz CT molecular complexity index is 836. The second-order valence-electron chi connectivity index (χ2n) is 5.65. The summed E-state index contributed by atoms with van der Waals surface area (Å²) in [6, 6.07) is 17.2. The molecular formula is C20H19NO2. The molecule has 0 aliphatic carbocycles. The molecule has 0 bridgehead atoms. The third-order valence-corrected chi connectivity index (χ3v) is 3.42. The van der Waals surface area contributed by atoms with Crippen molar-refractivity contribution in [1.29, 1.82) is 0 Å². The normalized spacial score (nSPS) is 11.4. The van der Waals surface area contributed by atoms with Crippen molar-refractivity contribution in [2.45, 2.75) is 20.0 Å². The maximum atomic E-state index is 9.88. The number of fused-ring (bicyclic) bond motifs is 1. The lowest BCUT2D eigenvalue weighted by Crippen LogP contribution is -2.05. The van der Waals surface area contributed by atoms with Crippen molar-refractivity contribution in [1.82, 2.24) is 4.98 Å². The summed E-state index contributed by atoms with van der Waals surface area (Å²) < 4.78 is 5.63. The third kappa shape index (κ3) is 3.69. The van der Waals surface area contributed by atoms with Crippen molar-refractivity contribution in [2.75, 3.05) is 0 Å². The van der Waals surface area contributed by atoms with Gasteiger partial charge in [-0.2, -0.15) is 0 Å². The maximum Gasteiger partial charge on any atom is 0.141 e. The molecule has 0 aliphatic rings. The fourth-order valence-corrected chi connectivity index (χ4v) is 2.35. The van der Waals surface area contributed by atoms with Crippen LogP contribution in [0.25, 0.3) is 23.1 Å². The lowest BCUT2D eigenvalue weighted by Gasteiger charge is -2.09. The largest absolute Gasteiger partial charge is 0.506 e. The molecule has 2 aromatic carbocycles. The molecule has 0 spiro atoms. The lowest BCUT2D eigenvalue weighted by atomic mass is 10.1. The molecule has 0 saturated heterocycles. The van der Waals surface area contributed by atoms with Crippen molar-refractivity contribution in [2.24, 2.45) is 0 Å². The van der Waals surface area contributed by atoms with Crippen LogP contribution in [0.15, 0.2) is 54.6 Å². The number of phenolic OH excluding ortho intramolecular Hbond substituents is 1. The fraction of sp³-hybridized carbons (Fsp3) is 0.150. The number of rotatable bonds is 4. The Balaban J connectivity index is 1.81. The van der Waals surface area contributed by atoms with Gasteiger partial charge in [-0.1, -0.05) is 36.4 Å². The van der Waals surface area contributed by atoms with Crippen LogP contribution in [0, 0.1) is 0 Å². The van der Waals surface area contributed by atoms with Crippen molar-refractivity contribution in [3.8, 4) is 11.5 Å². The van der Waals surface area contributed by atoms with Gasteiger partial charge < -0.3 is 9.84 Å². The number of phenols is 1. The molecule has 0 amide bonds. The average molecular weight is 305 g/mol. The van der Waals surface area contributed by atoms with Crippen LogP contribution in [0.2, 0.25) is 0 Å². The zero-order valence-corrected chi connectivity index (χ0v) is 13.2. The first-order valence-electron chi connectivity index (χ1n) is 7.65. The highest BCUT2D eigenvalue weighted by molar-refractivity contribution is 5.85. The molecule has 1 heterocycles. The molecule has 3 nitrogen and oxygen atoms in total. The van der Waals surface area contributed by atoms with E-state index < -0.39 is 0 Å². The summed E-state index contributed by atoms with van der Waals surface area (Å²) in [6.45, 7) is 4.02. The minimum Gasteiger partial charge on any atom is -0.506 e. The molecule has 3 aromatic rings. The van der Waals surface area contributed by atoms with E-state index in [1.54, 1.807) is 6.07 Å². The summed E-state index contributed by atoms with van der Waals surface area (Å²) in [5.41, 5.74) is 2.50. The van der Waals surface area contributed by atoms with Crippen LogP contribution in [-0.2, 0) is 0 Å². The van der Waals surface area contributed by atoms with Gasteiger partial charge in [0.2, 0.25) is 0 Å². The highest BCUT2D eigenvalue weighted by atomic mass is 16.5. The number of aromatic hydroxyl groups is 1. The molecule has 0 saturated carbocycles. The molecule has 1 aromatic heterocycles. The molecule has 1 N–H and O–H groups in total. The van der Waals surface area contributed by atoms with Crippen molar-refractivity contribution in [3.63, 3.8) is 0 Å². The van der Waals surface area contributed by atoms with Crippen LogP contribution < -0.4 is 4.74 Å². The Kier molecular flexibility index (Phi) is 4.29. The van der Waals surface area contributed by atoms with E-state index in [0.29, 0.717) is 5.52 Å². The predicted octanol–water partition coefficient (Wildman–Crippen LogP) is 4.90. The number of aromatic nitrogens is 1. The Labute approximate surface area is 135 Å². The molecule has 0 aliphatic heterocycles. The van der Waals surface area contributed by atoms with Gasteiger partial charge in [-0.3, -0.25) is 0 Å². The van der Waals surface area contributed by atoms with Gasteiger partial charge in [-0.15, -0.1) is 0 Å². The average Bonchev–Trinajstić information content (AvgIpc) is 2.54. The SMILES string of the molecule is CC(C)Oc1ccc(/C=C\c2ccc3cccc(O)c3n2)cc1. The van der Waals surface area contributed by atoms with Gasteiger partial charge in [0, 0.05) is 5.39 Å². The standard InChI is InChI=1S/C20H19NO2/c1-14(2)23-18-12-7-15(8-13-18)6-10-17-11-9-16-4-3-5-19(22)20(16)21-17/h3-14,22H,1-2H3/b10-6-. The Morgan fingerprint density at radius 1 is 0.957 bits per heavy atom. The first kappa shape index (κ1) is 15.1. The molecule has 3 heteroatoms. The number of pyridine rings is 1. The van der Waals surface area contributed by atoms with Gasteiger partial charge in [0.05, 0.1) is 11.8 Å². The van der Waals surface area contributed by atoms with Gasteiger partial charge in [0.25, 0.3) is 0 Å². The van der Waals surface area contributed by atoms with Crippen molar-refractivity contribution < 1.29 is 9.84 Å². The van der Waals surface area contributed by atoms with Crippen LogP contribution in [0.3, 0.4) is 0 Å². The molecule has 0 fully saturated rings. The van der Waals surface area contributed by atoms with E-state index >= 15 is 0 Å². The molecule has 116 valence electrons. The van der Waals surface area contributed by atoms with Crippen molar-refractivity contribution >= 4 is 23.1 Å². The maximum absolute atomic E-state index is 9.88. The molecule has 3 rings (SSSR count). The number of para-hydroxylation sites is 1. The Morgan fingerprint density at radius 3 is 2.48 bits per heavy atom. The van der Waals surface area contributed by atoms with Gasteiger partial charge in [0.15, 0.2) is 0 Å². The second kappa shape index (κ2) is 6.53. The van der Waals surface area contributed by atoms with Crippen LogP contribution in [0.4, 0.5) is 0 Å². The number of benzene rings is 2. The number of ether oxygens (including phenoxy) is 1. The second-order valence-corrected chi connectivity index (χ2v) is 5.65.